The molecule has 1 fully saturated rings. The summed E-state index contributed by atoms with van der Waals surface area (Å²) in [6.07, 6.45) is 5.76. The molecule has 0 unspecified atom stereocenters. The average Bonchev–Trinajstić information content (AvgIpc) is 2.64. The summed E-state index contributed by atoms with van der Waals surface area (Å²) in [6.45, 7) is 5.51. The van der Waals surface area contributed by atoms with Gasteiger partial charge in [-0.3, -0.25) is 0 Å². The highest BCUT2D eigenvalue weighted by molar-refractivity contribution is 5.71. The SMILES string of the molecule is COCCOc1ccc(C)c(-c2ccnc(N3CCCCC3)c2)c1. The summed E-state index contributed by atoms with van der Waals surface area (Å²) in [5, 5.41) is 0. The van der Waals surface area contributed by atoms with E-state index in [0.717, 1.165) is 24.7 Å². The number of nitrogens with zero attached hydrogens (tertiary/aromatic N) is 2. The van der Waals surface area contributed by atoms with Crippen molar-refractivity contribution in [2.45, 2.75) is 26.2 Å². The number of ether oxygens (including phenoxy) is 2. The summed E-state index contributed by atoms with van der Waals surface area (Å²) in [7, 11) is 1.68. The molecule has 1 aromatic heterocycles. The van der Waals surface area contributed by atoms with E-state index in [-0.39, 0.29) is 0 Å². The van der Waals surface area contributed by atoms with Crippen LogP contribution in [0.4, 0.5) is 5.82 Å². The van der Waals surface area contributed by atoms with E-state index in [2.05, 4.69) is 41.1 Å². The minimum atomic E-state index is 0.564. The second kappa shape index (κ2) is 8.15. The van der Waals surface area contributed by atoms with Crippen LogP contribution in [0.1, 0.15) is 24.8 Å². The van der Waals surface area contributed by atoms with Gasteiger partial charge in [0.25, 0.3) is 0 Å². The first-order chi connectivity index (χ1) is 11.8. The largest absolute Gasteiger partial charge is 0.491 e. The predicted octanol–water partition coefficient (Wildman–Crippen LogP) is 4.07. The van der Waals surface area contributed by atoms with E-state index in [1.54, 1.807) is 7.11 Å². The topological polar surface area (TPSA) is 34.6 Å². The molecule has 1 aliphatic rings. The maximum Gasteiger partial charge on any atom is 0.129 e. The molecule has 2 heterocycles. The Labute approximate surface area is 144 Å². The van der Waals surface area contributed by atoms with Crippen LogP contribution in [0.5, 0.6) is 5.75 Å². The van der Waals surface area contributed by atoms with Crippen molar-refractivity contribution < 1.29 is 9.47 Å². The molecule has 3 rings (SSSR count). The van der Waals surface area contributed by atoms with E-state index in [0.29, 0.717) is 13.2 Å². The maximum atomic E-state index is 5.76. The van der Waals surface area contributed by atoms with Crippen molar-refractivity contribution in [1.29, 1.82) is 0 Å². The fourth-order valence-corrected chi connectivity index (χ4v) is 3.13. The molecule has 0 N–H and O–H groups in total. The number of rotatable bonds is 6. The zero-order chi connectivity index (χ0) is 16.8. The summed E-state index contributed by atoms with van der Waals surface area (Å²) in [4.78, 5) is 6.97. The van der Waals surface area contributed by atoms with Gasteiger partial charge in [0.15, 0.2) is 0 Å². The van der Waals surface area contributed by atoms with Gasteiger partial charge >= 0.3 is 0 Å². The molecule has 4 nitrogen and oxygen atoms in total. The molecule has 0 amide bonds. The van der Waals surface area contributed by atoms with Crippen molar-refractivity contribution in [3.05, 3.63) is 42.1 Å². The van der Waals surface area contributed by atoms with Gasteiger partial charge in [-0.2, -0.15) is 0 Å². The van der Waals surface area contributed by atoms with Gasteiger partial charge in [0.2, 0.25) is 0 Å². The summed E-state index contributed by atoms with van der Waals surface area (Å²) in [5.74, 6) is 1.96. The smallest absolute Gasteiger partial charge is 0.129 e. The molecule has 4 heteroatoms. The Kier molecular flexibility index (Phi) is 5.70. The minimum Gasteiger partial charge on any atom is -0.491 e. The summed E-state index contributed by atoms with van der Waals surface area (Å²) in [6, 6.07) is 10.5. The van der Waals surface area contributed by atoms with Gasteiger partial charge in [-0.05, 0) is 67.1 Å². The molecular formula is C20H26N2O2. The lowest BCUT2D eigenvalue weighted by molar-refractivity contribution is 0.146. The molecular weight excluding hydrogens is 300 g/mol. The average molecular weight is 326 g/mol. The number of pyridine rings is 1. The highest BCUT2D eigenvalue weighted by Gasteiger charge is 2.13. The molecule has 0 spiro atoms. The lowest BCUT2D eigenvalue weighted by Gasteiger charge is -2.28. The Hall–Kier alpha value is -2.07. The van der Waals surface area contributed by atoms with Crippen LogP contribution < -0.4 is 9.64 Å². The number of hydrogen-bond acceptors (Lipinski definition) is 4. The summed E-state index contributed by atoms with van der Waals surface area (Å²) in [5.41, 5.74) is 3.63. The third kappa shape index (κ3) is 4.06. The van der Waals surface area contributed by atoms with Gasteiger partial charge in [0.05, 0.1) is 6.61 Å². The van der Waals surface area contributed by atoms with Crippen LogP contribution in [-0.2, 0) is 4.74 Å². The normalized spacial score (nSPS) is 14.7. The zero-order valence-electron chi connectivity index (χ0n) is 14.6. The highest BCUT2D eigenvalue weighted by atomic mass is 16.5. The molecule has 1 aliphatic heterocycles. The number of hydrogen-bond donors (Lipinski definition) is 0. The number of methoxy groups -OCH3 is 1. The van der Waals surface area contributed by atoms with Crippen LogP contribution in [0.15, 0.2) is 36.5 Å². The molecule has 128 valence electrons. The fourth-order valence-electron chi connectivity index (χ4n) is 3.13. The standard InChI is InChI=1S/C20H26N2O2/c1-16-6-7-18(24-13-12-23-2)15-19(16)17-8-9-21-20(14-17)22-10-4-3-5-11-22/h6-9,14-15H,3-5,10-13H2,1-2H3. The molecule has 2 aromatic rings. The Morgan fingerprint density at radius 2 is 1.88 bits per heavy atom. The minimum absolute atomic E-state index is 0.564. The molecule has 1 aromatic carbocycles. The maximum absolute atomic E-state index is 5.76. The van der Waals surface area contributed by atoms with Crippen LogP contribution in [0.2, 0.25) is 0 Å². The van der Waals surface area contributed by atoms with Gasteiger partial charge < -0.3 is 14.4 Å². The van der Waals surface area contributed by atoms with Gasteiger partial charge in [-0.15, -0.1) is 0 Å². The van der Waals surface area contributed by atoms with Crippen molar-refractivity contribution >= 4 is 5.82 Å². The van der Waals surface area contributed by atoms with Gasteiger partial charge in [-0.25, -0.2) is 4.98 Å². The number of aromatic nitrogens is 1. The van der Waals surface area contributed by atoms with E-state index < -0.39 is 0 Å². The number of anilines is 1. The lowest BCUT2D eigenvalue weighted by Crippen LogP contribution is -2.30. The third-order valence-electron chi connectivity index (χ3n) is 4.50. The Balaban J connectivity index is 1.83. The van der Waals surface area contributed by atoms with E-state index >= 15 is 0 Å². The molecule has 0 atom stereocenters. The highest BCUT2D eigenvalue weighted by Crippen LogP contribution is 2.30. The summed E-state index contributed by atoms with van der Waals surface area (Å²) >= 11 is 0. The van der Waals surface area contributed by atoms with E-state index in [1.807, 2.05) is 12.3 Å². The first-order valence-corrected chi connectivity index (χ1v) is 8.71. The number of aryl methyl sites for hydroxylation is 1. The van der Waals surface area contributed by atoms with Crippen molar-refractivity contribution in [2.24, 2.45) is 0 Å². The van der Waals surface area contributed by atoms with Crippen LogP contribution in [0.25, 0.3) is 11.1 Å². The monoisotopic (exact) mass is 326 g/mol. The second-order valence-electron chi connectivity index (χ2n) is 6.27. The quantitative estimate of drug-likeness (QED) is 0.750. The molecule has 0 radical (unpaired) electrons. The second-order valence-corrected chi connectivity index (χ2v) is 6.27. The van der Waals surface area contributed by atoms with Crippen LogP contribution in [-0.4, -0.2) is 38.4 Å². The summed E-state index contributed by atoms with van der Waals surface area (Å²) < 4.78 is 10.8. The molecule has 0 bridgehead atoms. The first-order valence-electron chi connectivity index (χ1n) is 8.71. The Morgan fingerprint density at radius 3 is 2.67 bits per heavy atom. The van der Waals surface area contributed by atoms with Crippen molar-refractivity contribution in [3.8, 4) is 16.9 Å². The third-order valence-corrected chi connectivity index (χ3v) is 4.50. The van der Waals surface area contributed by atoms with Crippen molar-refractivity contribution in [3.63, 3.8) is 0 Å². The molecule has 24 heavy (non-hydrogen) atoms. The van der Waals surface area contributed by atoms with Crippen LogP contribution >= 0.6 is 0 Å². The van der Waals surface area contributed by atoms with Crippen LogP contribution in [0.3, 0.4) is 0 Å². The van der Waals surface area contributed by atoms with E-state index in [4.69, 9.17) is 9.47 Å². The van der Waals surface area contributed by atoms with Crippen molar-refractivity contribution in [1.82, 2.24) is 4.98 Å². The van der Waals surface area contributed by atoms with Gasteiger partial charge in [0.1, 0.15) is 18.2 Å². The van der Waals surface area contributed by atoms with E-state index in [9.17, 15) is 0 Å². The predicted molar refractivity (Wildman–Crippen MR) is 97.8 cm³/mol. The number of piperidine rings is 1. The van der Waals surface area contributed by atoms with E-state index in [1.165, 1.54) is 36.0 Å². The Morgan fingerprint density at radius 1 is 1.04 bits per heavy atom. The van der Waals surface area contributed by atoms with Gasteiger partial charge in [0, 0.05) is 26.4 Å². The lowest BCUT2D eigenvalue weighted by atomic mass is 10.0. The Bertz CT molecular complexity index is 666. The zero-order valence-corrected chi connectivity index (χ0v) is 14.6. The molecule has 1 saturated heterocycles. The van der Waals surface area contributed by atoms with Crippen LogP contribution in [0, 0.1) is 6.92 Å². The van der Waals surface area contributed by atoms with Crippen molar-refractivity contribution in [2.75, 3.05) is 38.3 Å². The molecule has 0 aliphatic carbocycles. The fraction of sp³-hybridized carbons (Fsp3) is 0.450. The molecule has 0 saturated carbocycles. The van der Waals surface area contributed by atoms with Gasteiger partial charge in [-0.1, -0.05) is 6.07 Å². The first kappa shape index (κ1) is 16.8. The number of benzene rings is 1.